The molecular formula is C16H10ClN3O3. The number of carbonyl (C=O) groups excluding carboxylic acids is 1. The Bertz CT molecular complexity index is 840. The van der Waals surface area contributed by atoms with Crippen molar-refractivity contribution >= 4 is 35.0 Å². The van der Waals surface area contributed by atoms with Gasteiger partial charge in [0.1, 0.15) is 11.6 Å². The Balaban J connectivity index is 2.31. The molecule has 0 bridgehead atoms. The number of hydrogen-bond acceptors (Lipinski definition) is 4. The van der Waals surface area contributed by atoms with Crippen LogP contribution in [0.3, 0.4) is 0 Å². The molecule has 1 N–H and O–H groups in total. The van der Waals surface area contributed by atoms with Crippen molar-refractivity contribution in [3.63, 3.8) is 0 Å². The summed E-state index contributed by atoms with van der Waals surface area (Å²) in [6.45, 7) is 0. The van der Waals surface area contributed by atoms with Crippen LogP contribution in [0.2, 0.25) is 5.02 Å². The SMILES string of the molecule is N#CC(=Cc1ccccc1[N+](=O)[O-])C(=O)Nc1cccc(Cl)c1. The Kier molecular flexibility index (Phi) is 5.07. The summed E-state index contributed by atoms with van der Waals surface area (Å²) in [4.78, 5) is 22.5. The van der Waals surface area contributed by atoms with Crippen molar-refractivity contribution in [1.29, 1.82) is 5.26 Å². The second kappa shape index (κ2) is 7.20. The summed E-state index contributed by atoms with van der Waals surface area (Å²) in [7, 11) is 0. The first-order chi connectivity index (χ1) is 11.0. The second-order valence-corrected chi connectivity index (χ2v) is 4.89. The van der Waals surface area contributed by atoms with E-state index in [2.05, 4.69) is 5.32 Å². The summed E-state index contributed by atoms with van der Waals surface area (Å²) in [6.07, 6.45) is 1.18. The monoisotopic (exact) mass is 327 g/mol. The number of para-hydroxylation sites is 1. The number of anilines is 1. The van der Waals surface area contributed by atoms with Gasteiger partial charge in [-0.25, -0.2) is 0 Å². The van der Waals surface area contributed by atoms with E-state index in [0.717, 1.165) is 0 Å². The molecule has 0 aliphatic carbocycles. The summed E-state index contributed by atoms with van der Waals surface area (Å²) in [5.74, 6) is -0.673. The van der Waals surface area contributed by atoms with Crippen LogP contribution in [0.15, 0.2) is 54.1 Å². The van der Waals surface area contributed by atoms with Gasteiger partial charge in [0.2, 0.25) is 0 Å². The van der Waals surface area contributed by atoms with Crippen molar-refractivity contribution < 1.29 is 9.72 Å². The summed E-state index contributed by atoms with van der Waals surface area (Å²) in [5.41, 5.74) is 0.164. The summed E-state index contributed by atoms with van der Waals surface area (Å²) in [6, 6.07) is 14.0. The zero-order valence-electron chi connectivity index (χ0n) is 11.7. The number of nitriles is 1. The molecule has 6 nitrogen and oxygen atoms in total. The highest BCUT2D eigenvalue weighted by molar-refractivity contribution is 6.31. The van der Waals surface area contributed by atoms with Gasteiger partial charge in [0.15, 0.2) is 0 Å². The zero-order chi connectivity index (χ0) is 16.8. The number of nitrogens with zero attached hydrogens (tertiary/aromatic N) is 2. The molecule has 0 radical (unpaired) electrons. The van der Waals surface area contributed by atoms with Gasteiger partial charge in [-0.05, 0) is 30.3 Å². The first kappa shape index (κ1) is 16.2. The van der Waals surface area contributed by atoms with E-state index in [0.29, 0.717) is 10.7 Å². The van der Waals surface area contributed by atoms with Crippen molar-refractivity contribution in [3.05, 3.63) is 74.8 Å². The maximum atomic E-state index is 12.1. The third-order valence-corrected chi connectivity index (χ3v) is 3.12. The van der Waals surface area contributed by atoms with Gasteiger partial charge in [-0.2, -0.15) is 5.26 Å². The number of halogens is 1. The van der Waals surface area contributed by atoms with Crippen molar-refractivity contribution in [3.8, 4) is 6.07 Å². The van der Waals surface area contributed by atoms with E-state index in [-0.39, 0.29) is 16.8 Å². The standard InChI is InChI=1S/C16H10ClN3O3/c17-13-5-3-6-14(9-13)19-16(21)12(10-18)8-11-4-1-2-7-15(11)20(22)23/h1-9H,(H,19,21). The highest BCUT2D eigenvalue weighted by atomic mass is 35.5. The largest absolute Gasteiger partial charge is 0.321 e. The fourth-order valence-corrected chi connectivity index (χ4v) is 2.03. The lowest BCUT2D eigenvalue weighted by Gasteiger charge is -2.04. The number of rotatable bonds is 4. The summed E-state index contributed by atoms with van der Waals surface area (Å²) < 4.78 is 0. The van der Waals surface area contributed by atoms with E-state index in [1.807, 2.05) is 0 Å². The van der Waals surface area contributed by atoms with Crippen molar-refractivity contribution in [2.24, 2.45) is 0 Å². The maximum absolute atomic E-state index is 12.1. The molecule has 0 saturated heterocycles. The molecule has 0 fully saturated rings. The predicted molar refractivity (Wildman–Crippen MR) is 86.8 cm³/mol. The normalized spacial score (nSPS) is 10.7. The predicted octanol–water partition coefficient (Wildman–Crippen LogP) is 3.79. The van der Waals surface area contributed by atoms with Crippen LogP contribution in [0.5, 0.6) is 0 Å². The molecule has 23 heavy (non-hydrogen) atoms. The van der Waals surface area contributed by atoms with Crippen LogP contribution in [-0.4, -0.2) is 10.8 Å². The summed E-state index contributed by atoms with van der Waals surface area (Å²) in [5, 5.41) is 23.1. The molecule has 0 aromatic heterocycles. The number of amides is 1. The van der Waals surface area contributed by atoms with E-state index in [4.69, 9.17) is 16.9 Å². The molecular weight excluding hydrogens is 318 g/mol. The second-order valence-electron chi connectivity index (χ2n) is 4.45. The van der Waals surface area contributed by atoms with Crippen molar-refractivity contribution in [1.82, 2.24) is 0 Å². The van der Waals surface area contributed by atoms with Crippen molar-refractivity contribution in [2.45, 2.75) is 0 Å². The van der Waals surface area contributed by atoms with Gasteiger partial charge in [-0.15, -0.1) is 0 Å². The fourth-order valence-electron chi connectivity index (χ4n) is 1.84. The van der Waals surface area contributed by atoms with Gasteiger partial charge in [-0.3, -0.25) is 14.9 Å². The Hall–Kier alpha value is -3.17. The van der Waals surface area contributed by atoms with Gasteiger partial charge in [0, 0.05) is 16.8 Å². The average Bonchev–Trinajstić information content (AvgIpc) is 2.52. The highest BCUT2D eigenvalue weighted by Gasteiger charge is 2.15. The molecule has 2 rings (SSSR count). The van der Waals surface area contributed by atoms with Crippen LogP contribution in [-0.2, 0) is 4.79 Å². The Labute approximate surface area is 136 Å². The Morgan fingerprint density at radius 2 is 2.00 bits per heavy atom. The number of benzene rings is 2. The fraction of sp³-hybridized carbons (Fsp3) is 0. The van der Waals surface area contributed by atoms with Gasteiger partial charge < -0.3 is 5.32 Å². The first-order valence-electron chi connectivity index (χ1n) is 6.43. The highest BCUT2D eigenvalue weighted by Crippen LogP contribution is 2.21. The van der Waals surface area contributed by atoms with Gasteiger partial charge in [0.25, 0.3) is 11.6 Å². The molecule has 114 valence electrons. The van der Waals surface area contributed by atoms with Crippen LogP contribution in [0.25, 0.3) is 6.08 Å². The molecule has 0 unspecified atom stereocenters. The lowest BCUT2D eigenvalue weighted by Crippen LogP contribution is -2.13. The molecule has 2 aromatic rings. The number of hydrogen-bond donors (Lipinski definition) is 1. The smallest absolute Gasteiger partial charge is 0.276 e. The number of nitro groups is 1. The van der Waals surface area contributed by atoms with Crippen molar-refractivity contribution in [2.75, 3.05) is 5.32 Å². The molecule has 2 aromatic carbocycles. The van der Waals surface area contributed by atoms with Gasteiger partial charge in [-0.1, -0.05) is 29.8 Å². The minimum atomic E-state index is -0.673. The topological polar surface area (TPSA) is 96.0 Å². The van der Waals surface area contributed by atoms with E-state index in [1.54, 1.807) is 30.3 Å². The van der Waals surface area contributed by atoms with E-state index in [1.165, 1.54) is 30.3 Å². The van der Waals surface area contributed by atoms with Gasteiger partial charge >= 0.3 is 0 Å². The first-order valence-corrected chi connectivity index (χ1v) is 6.81. The van der Waals surface area contributed by atoms with E-state index >= 15 is 0 Å². The minimum Gasteiger partial charge on any atom is -0.321 e. The quantitative estimate of drug-likeness (QED) is 0.400. The molecule has 0 saturated carbocycles. The lowest BCUT2D eigenvalue weighted by atomic mass is 10.1. The number of carbonyl (C=O) groups is 1. The van der Waals surface area contributed by atoms with Crippen LogP contribution >= 0.6 is 11.6 Å². The molecule has 1 amide bonds. The van der Waals surface area contributed by atoms with Crippen LogP contribution in [0.4, 0.5) is 11.4 Å². The molecule has 0 heterocycles. The average molecular weight is 328 g/mol. The van der Waals surface area contributed by atoms with Crippen LogP contribution < -0.4 is 5.32 Å². The third-order valence-electron chi connectivity index (χ3n) is 2.88. The van der Waals surface area contributed by atoms with Crippen LogP contribution in [0.1, 0.15) is 5.56 Å². The number of nitro benzene ring substituents is 1. The number of nitrogens with one attached hydrogen (secondary N) is 1. The maximum Gasteiger partial charge on any atom is 0.276 e. The molecule has 0 aliphatic heterocycles. The minimum absolute atomic E-state index is 0.176. The zero-order valence-corrected chi connectivity index (χ0v) is 12.4. The van der Waals surface area contributed by atoms with Crippen LogP contribution in [0, 0.1) is 21.4 Å². The Morgan fingerprint density at radius 3 is 2.65 bits per heavy atom. The molecule has 7 heteroatoms. The van der Waals surface area contributed by atoms with E-state index < -0.39 is 10.8 Å². The molecule has 0 spiro atoms. The molecule has 0 atom stereocenters. The van der Waals surface area contributed by atoms with E-state index in [9.17, 15) is 14.9 Å². The third kappa shape index (κ3) is 4.15. The summed E-state index contributed by atoms with van der Waals surface area (Å²) >= 11 is 5.82. The molecule has 0 aliphatic rings. The lowest BCUT2D eigenvalue weighted by molar-refractivity contribution is -0.385. The Morgan fingerprint density at radius 1 is 1.26 bits per heavy atom. The van der Waals surface area contributed by atoms with Gasteiger partial charge in [0.05, 0.1) is 10.5 Å².